The SMILES string of the molecule is CCCC(CCC)C(=O)O.Nc1nnc(-c2cccc(Cl)c2Cl)c(N)n1.OC1C(O)C(O)C(O)C(O)C1O. The van der Waals surface area contributed by atoms with Gasteiger partial charge in [0.2, 0.25) is 5.95 Å². The van der Waals surface area contributed by atoms with Gasteiger partial charge in [-0.05, 0) is 18.9 Å². The Morgan fingerprint density at radius 3 is 1.68 bits per heavy atom. The first-order valence-corrected chi connectivity index (χ1v) is 12.5. The van der Waals surface area contributed by atoms with Crippen molar-refractivity contribution in [1.29, 1.82) is 0 Å². The smallest absolute Gasteiger partial charge is 0.306 e. The Morgan fingerprint density at radius 2 is 1.32 bits per heavy atom. The van der Waals surface area contributed by atoms with E-state index in [0.29, 0.717) is 21.3 Å². The van der Waals surface area contributed by atoms with Gasteiger partial charge in [-0.1, -0.05) is 62.0 Å². The van der Waals surface area contributed by atoms with Crippen LogP contribution in [0.5, 0.6) is 0 Å². The number of hydrogen-bond donors (Lipinski definition) is 9. The molecule has 2 aromatic rings. The third-order valence-electron chi connectivity index (χ3n) is 5.66. The normalized spacial score (nSPS) is 24.6. The Hall–Kier alpha value is -2.36. The summed E-state index contributed by atoms with van der Waals surface area (Å²) in [5.74, 6) is -0.560. The molecule has 0 amide bonds. The van der Waals surface area contributed by atoms with Crippen molar-refractivity contribution in [2.75, 3.05) is 11.5 Å². The maximum Gasteiger partial charge on any atom is 0.306 e. The van der Waals surface area contributed by atoms with Crippen LogP contribution in [0.3, 0.4) is 0 Å². The molecule has 0 aliphatic heterocycles. The van der Waals surface area contributed by atoms with Crippen LogP contribution in [0.25, 0.3) is 11.3 Å². The van der Waals surface area contributed by atoms with Crippen molar-refractivity contribution in [2.24, 2.45) is 5.92 Å². The van der Waals surface area contributed by atoms with Crippen LogP contribution in [-0.4, -0.2) is 93.5 Å². The molecule has 38 heavy (non-hydrogen) atoms. The summed E-state index contributed by atoms with van der Waals surface area (Å²) >= 11 is 11.9. The van der Waals surface area contributed by atoms with E-state index in [1.807, 2.05) is 13.8 Å². The number of carbonyl (C=O) groups is 1. The average Bonchev–Trinajstić information content (AvgIpc) is 2.88. The zero-order valence-electron chi connectivity index (χ0n) is 20.9. The molecule has 3 rings (SSSR count). The number of anilines is 2. The number of hydrogen-bond acceptors (Lipinski definition) is 12. The maximum atomic E-state index is 10.5. The minimum absolute atomic E-state index is 0.0133. The lowest BCUT2D eigenvalue weighted by atomic mass is 9.85. The lowest BCUT2D eigenvalue weighted by Crippen LogP contribution is -2.63. The molecule has 15 heteroatoms. The number of carboxylic acids is 1. The molecule has 1 saturated carbocycles. The summed E-state index contributed by atoms with van der Waals surface area (Å²) in [7, 11) is 0. The number of halogens is 2. The minimum Gasteiger partial charge on any atom is -0.481 e. The number of nitrogen functional groups attached to an aromatic ring is 2. The summed E-state index contributed by atoms with van der Waals surface area (Å²) in [5.41, 5.74) is 12.0. The van der Waals surface area contributed by atoms with Gasteiger partial charge in [0.1, 0.15) is 42.3 Å². The Labute approximate surface area is 229 Å². The average molecular weight is 580 g/mol. The third-order valence-corrected chi connectivity index (χ3v) is 6.48. The van der Waals surface area contributed by atoms with E-state index in [9.17, 15) is 4.79 Å². The summed E-state index contributed by atoms with van der Waals surface area (Å²) in [6, 6.07) is 5.13. The number of aliphatic hydroxyl groups excluding tert-OH is 6. The molecule has 11 N–H and O–H groups in total. The van der Waals surface area contributed by atoms with Crippen molar-refractivity contribution >= 4 is 40.9 Å². The van der Waals surface area contributed by atoms with Gasteiger partial charge in [0.15, 0.2) is 5.82 Å². The van der Waals surface area contributed by atoms with Crippen LogP contribution in [-0.2, 0) is 4.79 Å². The predicted molar refractivity (Wildman–Crippen MR) is 141 cm³/mol. The number of carboxylic acid groups (broad SMARTS) is 1. The molecule has 0 spiro atoms. The minimum atomic E-state index is -1.64. The summed E-state index contributed by atoms with van der Waals surface area (Å²) in [6.07, 6.45) is -6.26. The highest BCUT2D eigenvalue weighted by molar-refractivity contribution is 6.43. The van der Waals surface area contributed by atoms with Crippen molar-refractivity contribution in [3.63, 3.8) is 0 Å². The fourth-order valence-corrected chi connectivity index (χ4v) is 3.92. The lowest BCUT2D eigenvalue weighted by molar-refractivity contribution is -0.223. The van der Waals surface area contributed by atoms with Gasteiger partial charge in [-0.2, -0.15) is 4.98 Å². The van der Waals surface area contributed by atoms with E-state index in [4.69, 9.17) is 70.4 Å². The largest absolute Gasteiger partial charge is 0.481 e. The van der Waals surface area contributed by atoms with E-state index in [-0.39, 0.29) is 17.7 Å². The molecule has 1 aliphatic carbocycles. The fraction of sp³-hybridized carbons (Fsp3) is 0.565. The molecular weight excluding hydrogens is 545 g/mol. The Kier molecular flexibility index (Phi) is 14.1. The molecule has 214 valence electrons. The highest BCUT2D eigenvalue weighted by Crippen LogP contribution is 2.34. The third kappa shape index (κ3) is 9.13. The first kappa shape index (κ1) is 33.7. The van der Waals surface area contributed by atoms with Gasteiger partial charge in [-0.3, -0.25) is 4.79 Å². The van der Waals surface area contributed by atoms with Crippen molar-refractivity contribution in [2.45, 2.75) is 76.2 Å². The topological polar surface area (TPSA) is 249 Å². The maximum absolute atomic E-state index is 10.5. The second kappa shape index (κ2) is 15.9. The van der Waals surface area contributed by atoms with Crippen LogP contribution in [0.4, 0.5) is 11.8 Å². The molecule has 1 aliphatic rings. The molecule has 1 heterocycles. The Balaban J connectivity index is 0.000000296. The van der Waals surface area contributed by atoms with E-state index in [1.54, 1.807) is 18.2 Å². The van der Waals surface area contributed by atoms with Crippen LogP contribution in [0.15, 0.2) is 18.2 Å². The molecule has 1 fully saturated rings. The van der Waals surface area contributed by atoms with E-state index >= 15 is 0 Å². The van der Waals surface area contributed by atoms with Gasteiger partial charge in [0.05, 0.1) is 16.0 Å². The first-order valence-electron chi connectivity index (χ1n) is 11.8. The summed E-state index contributed by atoms with van der Waals surface area (Å²) in [5, 5.41) is 70.7. The number of benzene rings is 1. The van der Waals surface area contributed by atoms with E-state index in [2.05, 4.69) is 15.2 Å². The van der Waals surface area contributed by atoms with Crippen molar-refractivity contribution in [3.8, 4) is 11.3 Å². The summed E-state index contributed by atoms with van der Waals surface area (Å²) < 4.78 is 0. The second-order valence-corrected chi connectivity index (χ2v) is 9.35. The van der Waals surface area contributed by atoms with Crippen LogP contribution >= 0.6 is 23.2 Å². The van der Waals surface area contributed by atoms with Crippen LogP contribution in [0.1, 0.15) is 39.5 Å². The molecule has 0 atom stereocenters. The van der Waals surface area contributed by atoms with Gasteiger partial charge in [0, 0.05) is 5.56 Å². The van der Waals surface area contributed by atoms with E-state index in [0.717, 1.165) is 25.7 Å². The highest BCUT2D eigenvalue weighted by Gasteiger charge is 2.47. The predicted octanol–water partition coefficient (Wildman–Crippen LogP) is 0.463. The number of aliphatic hydroxyl groups is 6. The molecule has 1 aromatic carbocycles. The van der Waals surface area contributed by atoms with Crippen molar-refractivity contribution < 1.29 is 40.5 Å². The fourth-order valence-electron chi connectivity index (χ4n) is 3.53. The van der Waals surface area contributed by atoms with Crippen molar-refractivity contribution in [1.82, 2.24) is 15.2 Å². The summed E-state index contributed by atoms with van der Waals surface area (Å²) in [4.78, 5) is 14.3. The van der Waals surface area contributed by atoms with Gasteiger partial charge < -0.3 is 47.2 Å². The number of nitrogens with two attached hydrogens (primary N) is 2. The second-order valence-electron chi connectivity index (χ2n) is 8.56. The monoisotopic (exact) mass is 579 g/mol. The first-order chi connectivity index (χ1) is 17.8. The number of rotatable bonds is 6. The van der Waals surface area contributed by atoms with Gasteiger partial charge in [0.25, 0.3) is 0 Å². The molecule has 0 saturated heterocycles. The summed E-state index contributed by atoms with van der Waals surface area (Å²) in [6.45, 7) is 4.04. The molecule has 0 radical (unpaired) electrons. The zero-order valence-corrected chi connectivity index (χ0v) is 22.4. The molecule has 0 unspecified atom stereocenters. The van der Waals surface area contributed by atoms with Gasteiger partial charge >= 0.3 is 5.97 Å². The quantitative estimate of drug-likeness (QED) is 0.226. The van der Waals surface area contributed by atoms with Crippen LogP contribution < -0.4 is 11.5 Å². The van der Waals surface area contributed by atoms with Crippen molar-refractivity contribution in [3.05, 3.63) is 28.2 Å². The molecule has 0 bridgehead atoms. The number of aliphatic carboxylic acids is 1. The Bertz CT molecular complexity index is 973. The zero-order chi connectivity index (χ0) is 29.2. The van der Waals surface area contributed by atoms with Crippen LogP contribution in [0.2, 0.25) is 10.0 Å². The van der Waals surface area contributed by atoms with E-state index < -0.39 is 42.6 Å². The number of aromatic nitrogens is 3. The Morgan fingerprint density at radius 1 is 0.868 bits per heavy atom. The van der Waals surface area contributed by atoms with Crippen LogP contribution in [0, 0.1) is 5.92 Å². The van der Waals surface area contributed by atoms with Gasteiger partial charge in [-0.15, -0.1) is 10.2 Å². The lowest BCUT2D eigenvalue weighted by Gasteiger charge is -2.39. The number of nitrogens with zero attached hydrogens (tertiary/aromatic N) is 3. The molecular formula is C23H35Cl2N5O8. The highest BCUT2D eigenvalue weighted by atomic mass is 35.5. The van der Waals surface area contributed by atoms with Gasteiger partial charge in [-0.25, -0.2) is 0 Å². The standard InChI is InChI=1S/C9H7Cl2N5.C8H16O2.C6H12O6/c10-5-3-1-2-4(6(5)11)7-8(12)14-9(13)16-15-7;1-3-5-7(6-4-2)8(9)10;7-1-2(8)4(10)6(12)5(11)3(1)9/h1-3H,(H4,12,13,14,16);7H,3-6H2,1-2H3,(H,9,10);1-12H. The van der Waals surface area contributed by atoms with E-state index in [1.165, 1.54) is 0 Å². The molecule has 1 aromatic heterocycles. The molecule has 13 nitrogen and oxygen atoms in total.